The van der Waals surface area contributed by atoms with Crippen LogP contribution in [0.2, 0.25) is 0 Å². The normalized spacial score (nSPS) is 11.6. The largest absolute Gasteiger partial charge is 0.479 e. The van der Waals surface area contributed by atoms with E-state index >= 15 is 0 Å². The summed E-state index contributed by atoms with van der Waals surface area (Å²) in [4.78, 5) is 0. The molecule has 0 saturated heterocycles. The predicted octanol–water partition coefficient (Wildman–Crippen LogP) is 1.49. The van der Waals surface area contributed by atoms with Gasteiger partial charge in [-0.05, 0) is 0 Å². The molecule has 0 bridgehead atoms. The Morgan fingerprint density at radius 2 is 2.00 bits per heavy atom. The van der Waals surface area contributed by atoms with Gasteiger partial charge in [0.15, 0.2) is 5.56 Å². The summed E-state index contributed by atoms with van der Waals surface area (Å²) in [5.74, 6) is -0.543. The van der Waals surface area contributed by atoms with Gasteiger partial charge >= 0.3 is 6.18 Å². The lowest BCUT2D eigenvalue weighted by Crippen LogP contribution is -2.10. The molecule has 1 rings (SSSR count). The fourth-order valence-corrected chi connectivity index (χ4v) is 1.18. The highest BCUT2D eigenvalue weighted by molar-refractivity contribution is 5.52. The molecule has 1 aromatic heterocycles. The van der Waals surface area contributed by atoms with Crippen LogP contribution < -0.4 is 10.1 Å². The van der Waals surface area contributed by atoms with Crippen molar-refractivity contribution in [3.8, 4) is 5.88 Å². The van der Waals surface area contributed by atoms with E-state index in [0.29, 0.717) is 0 Å². The van der Waals surface area contributed by atoms with E-state index in [1.807, 2.05) is 0 Å². The summed E-state index contributed by atoms with van der Waals surface area (Å²) in [5, 5.41) is 6.00. The zero-order valence-electron chi connectivity index (χ0n) is 7.94. The fraction of sp³-hybridized carbons (Fsp3) is 0.571. The summed E-state index contributed by atoms with van der Waals surface area (Å²) < 4.78 is 43.2. The van der Waals surface area contributed by atoms with E-state index in [1.165, 1.54) is 14.1 Å². The van der Waals surface area contributed by atoms with E-state index in [4.69, 9.17) is 0 Å². The first-order valence-corrected chi connectivity index (χ1v) is 3.77. The van der Waals surface area contributed by atoms with Crippen LogP contribution in [0.5, 0.6) is 5.88 Å². The number of aryl methyl sites for hydroxylation is 1. The monoisotopic (exact) mass is 209 g/mol. The Morgan fingerprint density at radius 1 is 1.43 bits per heavy atom. The quantitative estimate of drug-likeness (QED) is 0.802. The number of nitrogens with one attached hydrogen (secondary N) is 1. The maximum absolute atomic E-state index is 12.5. The summed E-state index contributed by atoms with van der Waals surface area (Å²) in [5.41, 5.74) is -0.884. The standard InChI is InChI=1S/C7H10F3N3O/c1-11-5-4(7(8,9)10)6(14-3)12-13(5)2/h11H,1-3H3. The van der Waals surface area contributed by atoms with Crippen LogP contribution >= 0.6 is 0 Å². The van der Waals surface area contributed by atoms with E-state index in [9.17, 15) is 13.2 Å². The van der Waals surface area contributed by atoms with Gasteiger partial charge in [0, 0.05) is 14.1 Å². The van der Waals surface area contributed by atoms with Crippen molar-refractivity contribution in [2.75, 3.05) is 19.5 Å². The van der Waals surface area contributed by atoms with Crippen LogP contribution in [0.3, 0.4) is 0 Å². The van der Waals surface area contributed by atoms with Gasteiger partial charge in [-0.3, -0.25) is 0 Å². The van der Waals surface area contributed by atoms with Gasteiger partial charge in [0.25, 0.3) is 0 Å². The van der Waals surface area contributed by atoms with Gasteiger partial charge in [-0.1, -0.05) is 0 Å². The van der Waals surface area contributed by atoms with Crippen molar-refractivity contribution in [3.05, 3.63) is 5.56 Å². The lowest BCUT2D eigenvalue weighted by Gasteiger charge is -2.08. The second kappa shape index (κ2) is 3.39. The van der Waals surface area contributed by atoms with Crippen LogP contribution in [0, 0.1) is 0 Å². The molecule has 0 unspecified atom stereocenters. The molecule has 0 spiro atoms. The third kappa shape index (κ3) is 1.61. The first kappa shape index (κ1) is 10.7. The highest BCUT2D eigenvalue weighted by Gasteiger charge is 2.40. The van der Waals surface area contributed by atoms with Crippen LogP contribution in [-0.4, -0.2) is 23.9 Å². The highest BCUT2D eigenvalue weighted by atomic mass is 19.4. The first-order valence-electron chi connectivity index (χ1n) is 3.77. The Morgan fingerprint density at radius 3 is 2.36 bits per heavy atom. The first-order chi connectivity index (χ1) is 6.41. The van der Waals surface area contributed by atoms with Gasteiger partial charge in [-0.25, -0.2) is 4.68 Å². The van der Waals surface area contributed by atoms with Crippen molar-refractivity contribution in [1.29, 1.82) is 0 Å². The lowest BCUT2D eigenvalue weighted by atomic mass is 10.3. The van der Waals surface area contributed by atoms with E-state index < -0.39 is 17.6 Å². The molecule has 4 nitrogen and oxygen atoms in total. The Hall–Kier alpha value is -1.40. The van der Waals surface area contributed by atoms with E-state index in [2.05, 4.69) is 15.2 Å². The number of halogens is 3. The number of rotatable bonds is 2. The molecule has 0 aliphatic heterocycles. The SMILES string of the molecule is CNc1c(C(F)(F)F)c(OC)nn1C. The number of hydrogen-bond donors (Lipinski definition) is 1. The summed E-state index contributed by atoms with van der Waals surface area (Å²) in [6.07, 6.45) is -4.47. The number of aromatic nitrogens is 2. The van der Waals surface area contributed by atoms with Crippen molar-refractivity contribution < 1.29 is 17.9 Å². The van der Waals surface area contributed by atoms with Crippen molar-refractivity contribution in [2.45, 2.75) is 6.18 Å². The molecule has 7 heteroatoms. The molecule has 0 aliphatic rings. The van der Waals surface area contributed by atoms with Crippen LogP contribution in [0.1, 0.15) is 5.56 Å². The zero-order valence-corrected chi connectivity index (χ0v) is 7.94. The molecule has 0 saturated carbocycles. The molecule has 1 heterocycles. The molecule has 0 aliphatic carbocycles. The molecule has 14 heavy (non-hydrogen) atoms. The Labute approximate surface area is 78.7 Å². The third-order valence-electron chi connectivity index (χ3n) is 1.73. The fourth-order valence-electron chi connectivity index (χ4n) is 1.18. The van der Waals surface area contributed by atoms with Gasteiger partial charge in [0.2, 0.25) is 5.88 Å². The van der Waals surface area contributed by atoms with Crippen LogP contribution in [-0.2, 0) is 13.2 Å². The smallest absolute Gasteiger partial charge is 0.425 e. The van der Waals surface area contributed by atoms with Gasteiger partial charge in [-0.2, -0.15) is 13.2 Å². The predicted molar refractivity (Wildman–Crippen MR) is 44.3 cm³/mol. The van der Waals surface area contributed by atoms with Crippen LogP contribution in [0.25, 0.3) is 0 Å². The van der Waals surface area contributed by atoms with Crippen molar-refractivity contribution >= 4 is 5.82 Å². The zero-order chi connectivity index (χ0) is 10.9. The average Bonchev–Trinajstić information content (AvgIpc) is 2.40. The summed E-state index contributed by atoms with van der Waals surface area (Å²) in [6.45, 7) is 0. The minimum absolute atomic E-state index is 0.116. The van der Waals surface area contributed by atoms with Gasteiger partial charge in [0.05, 0.1) is 7.11 Å². The molecular formula is C7H10F3N3O. The molecule has 80 valence electrons. The van der Waals surface area contributed by atoms with Crippen LogP contribution in [0.4, 0.5) is 19.0 Å². The van der Waals surface area contributed by atoms with Gasteiger partial charge < -0.3 is 10.1 Å². The summed E-state index contributed by atoms with van der Waals surface area (Å²) in [7, 11) is 3.95. The Bertz CT molecular complexity index is 332. The molecule has 1 aromatic rings. The summed E-state index contributed by atoms with van der Waals surface area (Å²) in [6, 6.07) is 0. The maximum Gasteiger partial charge on any atom is 0.425 e. The maximum atomic E-state index is 12.5. The number of alkyl halides is 3. The van der Waals surface area contributed by atoms with Gasteiger partial charge in [-0.15, -0.1) is 5.10 Å². The Balaban J connectivity index is 3.36. The number of anilines is 1. The van der Waals surface area contributed by atoms with Crippen molar-refractivity contribution in [3.63, 3.8) is 0 Å². The minimum atomic E-state index is -4.47. The molecule has 0 aromatic carbocycles. The highest BCUT2D eigenvalue weighted by Crippen LogP contribution is 2.40. The molecule has 0 radical (unpaired) electrons. The molecular weight excluding hydrogens is 199 g/mol. The van der Waals surface area contributed by atoms with Crippen molar-refractivity contribution in [1.82, 2.24) is 9.78 Å². The minimum Gasteiger partial charge on any atom is -0.479 e. The third-order valence-corrected chi connectivity index (χ3v) is 1.73. The van der Waals surface area contributed by atoms with Crippen LogP contribution in [0.15, 0.2) is 0 Å². The second-order valence-corrected chi connectivity index (χ2v) is 2.60. The number of hydrogen-bond acceptors (Lipinski definition) is 3. The molecule has 0 amide bonds. The summed E-state index contributed by atoms with van der Waals surface area (Å²) >= 11 is 0. The Kier molecular flexibility index (Phi) is 2.59. The molecule has 1 N–H and O–H groups in total. The van der Waals surface area contributed by atoms with Crippen molar-refractivity contribution in [2.24, 2.45) is 7.05 Å². The second-order valence-electron chi connectivity index (χ2n) is 2.60. The van der Waals surface area contributed by atoms with E-state index in [1.54, 1.807) is 0 Å². The van der Waals surface area contributed by atoms with Gasteiger partial charge in [0.1, 0.15) is 5.82 Å². The average molecular weight is 209 g/mol. The van der Waals surface area contributed by atoms with E-state index in [0.717, 1.165) is 11.8 Å². The number of ether oxygens (including phenoxy) is 1. The van der Waals surface area contributed by atoms with E-state index in [-0.39, 0.29) is 5.82 Å². The lowest BCUT2D eigenvalue weighted by molar-refractivity contribution is -0.138. The number of methoxy groups -OCH3 is 1. The number of nitrogens with zero attached hydrogens (tertiary/aromatic N) is 2. The molecule has 0 fully saturated rings. The molecule has 0 atom stereocenters. The topological polar surface area (TPSA) is 39.1 Å².